The van der Waals surface area contributed by atoms with E-state index in [0.717, 1.165) is 60.3 Å². The number of hydrogen-bond acceptors (Lipinski definition) is 12. The topological polar surface area (TPSA) is 213 Å². The largest absolute Gasteiger partial charge is 0.496 e. The van der Waals surface area contributed by atoms with Crippen molar-refractivity contribution in [1.29, 1.82) is 0 Å². The zero-order valence-corrected chi connectivity index (χ0v) is 40.6. The molecule has 70 heavy (non-hydrogen) atoms. The van der Waals surface area contributed by atoms with E-state index in [2.05, 4.69) is 44.6 Å². The number of anilines is 2. The summed E-state index contributed by atoms with van der Waals surface area (Å²) in [5.41, 5.74) is 3.64. The maximum absolute atomic E-state index is 13.2. The van der Waals surface area contributed by atoms with Crippen LogP contribution in [0.25, 0.3) is 33.1 Å². The number of nitrogens with zero attached hydrogens (tertiary/aromatic N) is 12. The Morgan fingerprint density at radius 3 is 1.41 bits per heavy atom. The summed E-state index contributed by atoms with van der Waals surface area (Å²) in [6.45, 7) is 7.65. The van der Waals surface area contributed by atoms with E-state index in [9.17, 15) is 19.2 Å². The van der Waals surface area contributed by atoms with E-state index in [1.54, 1.807) is 86.2 Å². The predicted molar refractivity (Wildman–Crippen MR) is 263 cm³/mol. The molecular formula is C50H58N14O6. The first-order chi connectivity index (χ1) is 33.7. The van der Waals surface area contributed by atoms with Crippen LogP contribution >= 0.6 is 0 Å². The van der Waals surface area contributed by atoms with Gasteiger partial charge >= 0.3 is 0 Å². The molecule has 2 aromatic carbocycles. The third kappa shape index (κ3) is 9.32. The Labute approximate surface area is 403 Å². The quantitative estimate of drug-likeness (QED) is 0.141. The molecule has 20 heteroatoms. The van der Waals surface area contributed by atoms with Crippen molar-refractivity contribution in [3.63, 3.8) is 0 Å². The summed E-state index contributed by atoms with van der Waals surface area (Å²) >= 11 is 0. The molecule has 20 nitrogen and oxygen atoms in total. The number of aromatic nitrogens is 10. The van der Waals surface area contributed by atoms with Crippen LogP contribution in [0, 0.1) is 11.8 Å². The van der Waals surface area contributed by atoms with E-state index >= 15 is 0 Å². The van der Waals surface area contributed by atoms with Crippen LogP contribution in [-0.2, 0) is 9.59 Å². The van der Waals surface area contributed by atoms with Gasteiger partial charge in [0.15, 0.2) is 22.9 Å². The molecule has 2 aliphatic carbocycles. The summed E-state index contributed by atoms with van der Waals surface area (Å²) in [7, 11) is 6.84. The van der Waals surface area contributed by atoms with Gasteiger partial charge in [-0.05, 0) is 86.8 Å². The monoisotopic (exact) mass is 950 g/mol. The average Bonchev–Trinajstić information content (AvgIpc) is 4.17. The molecule has 0 spiro atoms. The number of methoxy groups -OCH3 is 2. The number of benzene rings is 2. The Morgan fingerprint density at radius 2 is 1.04 bits per heavy atom. The number of carbonyl (C=O) groups excluding carboxylic acids is 4. The highest BCUT2D eigenvalue weighted by Gasteiger charge is 2.34. The Hall–Kier alpha value is -7.90. The first-order valence-electron chi connectivity index (χ1n) is 23.5. The van der Waals surface area contributed by atoms with Crippen molar-refractivity contribution in [3.8, 4) is 11.5 Å². The fraction of sp³-hybridized carbons (Fsp3) is 0.400. The van der Waals surface area contributed by atoms with Gasteiger partial charge in [-0.15, -0.1) is 0 Å². The maximum atomic E-state index is 13.2. The molecule has 2 aliphatic rings. The van der Waals surface area contributed by atoms with Crippen LogP contribution in [0.15, 0.2) is 85.7 Å². The molecule has 8 aromatic rings. The van der Waals surface area contributed by atoms with Crippen molar-refractivity contribution in [2.24, 2.45) is 11.8 Å². The molecule has 3 unspecified atom stereocenters. The van der Waals surface area contributed by atoms with Crippen LogP contribution < -0.4 is 20.1 Å². The van der Waals surface area contributed by atoms with Crippen LogP contribution in [0.3, 0.4) is 0 Å². The molecule has 6 aromatic heterocycles. The molecule has 0 radical (unpaired) electrons. The van der Waals surface area contributed by atoms with Crippen LogP contribution in [0.4, 0.5) is 11.6 Å². The number of nitrogens with one attached hydrogen (secondary N) is 2. The minimum Gasteiger partial charge on any atom is -0.496 e. The summed E-state index contributed by atoms with van der Waals surface area (Å²) in [5, 5.41) is 25.6. The molecule has 0 saturated heterocycles. The molecule has 0 aliphatic heterocycles. The number of carbonyl (C=O) groups is 4. The molecule has 2 N–H and O–H groups in total. The first kappa shape index (κ1) is 47.2. The fourth-order valence-electron chi connectivity index (χ4n) is 10.1. The zero-order valence-electron chi connectivity index (χ0n) is 40.6. The molecule has 10 rings (SSSR count). The maximum Gasteiger partial charge on any atom is 0.260 e. The summed E-state index contributed by atoms with van der Waals surface area (Å²) < 4.78 is 18.2. The molecule has 2 fully saturated rings. The molecule has 4 amide bonds. The summed E-state index contributed by atoms with van der Waals surface area (Å²) in [4.78, 5) is 62.1. The van der Waals surface area contributed by atoms with Gasteiger partial charge in [0.2, 0.25) is 11.8 Å². The van der Waals surface area contributed by atoms with Gasteiger partial charge in [-0.1, -0.05) is 13.8 Å². The van der Waals surface area contributed by atoms with E-state index in [1.807, 2.05) is 69.9 Å². The fourth-order valence-corrected chi connectivity index (χ4v) is 10.1. The SMILES string of the molecule is COc1cc2nn(C3CCC(N(C)C(C)=O)C[C@@H]3C)cc2cc1C(=O)Nc1cnc2cccnn12.COc1cc2nn([C@H]3CCC(N(C)C(C)=O)C[C@@H]3C)cc2cc1C(=O)Nc1cnc2cccnn12. The second-order valence-corrected chi connectivity index (χ2v) is 18.5. The van der Waals surface area contributed by atoms with Gasteiger partial charge < -0.3 is 29.9 Å². The summed E-state index contributed by atoms with van der Waals surface area (Å²) in [6.07, 6.45) is 16.0. The third-order valence-corrected chi connectivity index (χ3v) is 14.2. The van der Waals surface area contributed by atoms with E-state index in [-0.39, 0.29) is 47.8 Å². The van der Waals surface area contributed by atoms with Crippen molar-refractivity contribution < 1.29 is 28.7 Å². The highest BCUT2D eigenvalue weighted by atomic mass is 16.5. The number of imidazole rings is 2. The van der Waals surface area contributed by atoms with Gasteiger partial charge in [0.1, 0.15) is 11.5 Å². The molecule has 2 saturated carbocycles. The number of fused-ring (bicyclic) bond motifs is 4. The van der Waals surface area contributed by atoms with Crippen molar-refractivity contribution in [2.45, 2.75) is 90.4 Å². The second-order valence-electron chi connectivity index (χ2n) is 18.5. The van der Waals surface area contributed by atoms with E-state index < -0.39 is 0 Å². The predicted octanol–water partition coefficient (Wildman–Crippen LogP) is 7.10. The minimum atomic E-state index is -0.315. The number of hydrogen-bond donors (Lipinski definition) is 2. The van der Waals surface area contributed by atoms with Crippen LogP contribution in [0.2, 0.25) is 0 Å². The van der Waals surface area contributed by atoms with Gasteiger partial charge in [0.05, 0.1) is 60.9 Å². The van der Waals surface area contributed by atoms with Gasteiger partial charge in [-0.3, -0.25) is 28.5 Å². The van der Waals surface area contributed by atoms with Crippen LogP contribution in [-0.4, -0.2) is 123 Å². The smallest absolute Gasteiger partial charge is 0.260 e. The summed E-state index contributed by atoms with van der Waals surface area (Å²) in [5.74, 6) is 2.13. The third-order valence-electron chi connectivity index (χ3n) is 14.2. The Kier molecular flexibility index (Phi) is 13.2. The van der Waals surface area contributed by atoms with Crippen molar-refractivity contribution in [1.82, 2.24) is 58.6 Å². The van der Waals surface area contributed by atoms with Gasteiger partial charge in [0.25, 0.3) is 11.8 Å². The molecule has 6 heterocycles. The summed E-state index contributed by atoms with van der Waals surface area (Å²) in [6, 6.07) is 15.4. The lowest BCUT2D eigenvalue weighted by molar-refractivity contribution is -0.131. The lowest BCUT2D eigenvalue weighted by Gasteiger charge is -2.38. The average molecular weight is 951 g/mol. The van der Waals surface area contributed by atoms with Gasteiger partial charge in [-0.25, -0.2) is 9.97 Å². The van der Waals surface area contributed by atoms with Crippen molar-refractivity contribution >= 4 is 68.4 Å². The second kappa shape index (κ2) is 19.6. The lowest BCUT2D eigenvalue weighted by atomic mass is 9.82. The van der Waals surface area contributed by atoms with Crippen molar-refractivity contribution in [3.05, 3.63) is 96.8 Å². The Balaban J connectivity index is 0.000000174. The Bertz CT molecular complexity index is 3030. The van der Waals surface area contributed by atoms with Gasteiger partial charge in [0, 0.05) is 87.7 Å². The molecule has 364 valence electrons. The van der Waals surface area contributed by atoms with E-state index in [4.69, 9.17) is 19.7 Å². The number of rotatable bonds is 10. The van der Waals surface area contributed by atoms with E-state index in [0.29, 0.717) is 57.4 Å². The Morgan fingerprint density at radius 1 is 0.629 bits per heavy atom. The highest BCUT2D eigenvalue weighted by molar-refractivity contribution is 6.09. The first-order valence-corrected chi connectivity index (χ1v) is 23.5. The molecule has 0 bridgehead atoms. The van der Waals surface area contributed by atoms with Crippen LogP contribution in [0.1, 0.15) is 99.0 Å². The number of amides is 4. The van der Waals surface area contributed by atoms with Crippen LogP contribution in [0.5, 0.6) is 11.5 Å². The zero-order chi connectivity index (χ0) is 49.4. The standard InChI is InChI=1S/2C25H29N7O3/c2*1-15-10-18(30(3)16(2)33)7-8-21(15)31-14-17-11-19(22(35-4)12-20(17)29-31)25(34)28-24-13-26-23-6-5-9-27-32(23)24/h2*5-6,9,11-15,18,21H,7-8,10H2,1-4H3,(H,28,34)/t15-,18?,21?;15-,18?,21-/m00/s1. The van der Waals surface area contributed by atoms with Gasteiger partial charge in [-0.2, -0.15) is 29.4 Å². The lowest BCUT2D eigenvalue weighted by Crippen LogP contribution is -2.41. The normalized spacial score (nSPS) is 20.2. The molecular weight excluding hydrogens is 893 g/mol. The number of ether oxygens (including phenoxy) is 2. The molecule has 6 atom stereocenters. The highest BCUT2D eigenvalue weighted by Crippen LogP contribution is 2.39. The minimum absolute atomic E-state index is 0.100. The van der Waals surface area contributed by atoms with E-state index in [1.165, 1.54) is 0 Å². The van der Waals surface area contributed by atoms with Crippen molar-refractivity contribution in [2.75, 3.05) is 38.9 Å².